The molecule has 0 bridgehead atoms. The minimum atomic E-state index is 0.00230. The Morgan fingerprint density at radius 2 is 2.08 bits per heavy atom. The number of aryl methyl sites for hydroxylation is 1. The van der Waals surface area contributed by atoms with Gasteiger partial charge in [0.2, 0.25) is 0 Å². The maximum atomic E-state index is 13.0. The van der Waals surface area contributed by atoms with Gasteiger partial charge in [-0.25, -0.2) is 9.97 Å². The highest BCUT2D eigenvalue weighted by molar-refractivity contribution is 7.98. The highest BCUT2D eigenvalue weighted by atomic mass is 32.2. The van der Waals surface area contributed by atoms with E-state index in [1.165, 1.54) is 11.8 Å². The van der Waals surface area contributed by atoms with Crippen LogP contribution in [0.15, 0.2) is 46.6 Å². The molecule has 0 aliphatic rings. The van der Waals surface area contributed by atoms with Crippen molar-refractivity contribution < 1.29 is 4.74 Å². The number of aromatic nitrogens is 4. The number of rotatable bonds is 8. The SMILES string of the molecule is CC(C)OCCCn1c(SCc2nccn2C)nc2ccccc2c1=O. The standard InChI is InChI=1S/C19H24N4O2S/c1-14(2)25-12-6-10-23-18(24)15-7-4-5-8-16(15)21-19(23)26-13-17-20-9-11-22(17)3/h4-5,7-9,11,14H,6,10,12-13H2,1-3H3. The molecule has 0 fully saturated rings. The molecule has 0 aliphatic heterocycles. The molecule has 138 valence electrons. The molecule has 0 saturated heterocycles. The molecule has 0 aliphatic carbocycles. The molecule has 2 heterocycles. The second kappa shape index (κ2) is 8.51. The molecular weight excluding hydrogens is 348 g/mol. The lowest BCUT2D eigenvalue weighted by Crippen LogP contribution is -2.24. The molecule has 0 N–H and O–H groups in total. The molecule has 26 heavy (non-hydrogen) atoms. The summed E-state index contributed by atoms with van der Waals surface area (Å²) in [5.74, 6) is 1.61. The Bertz CT molecular complexity index is 933. The lowest BCUT2D eigenvalue weighted by Gasteiger charge is -2.14. The first-order chi connectivity index (χ1) is 12.6. The van der Waals surface area contributed by atoms with Gasteiger partial charge >= 0.3 is 0 Å². The van der Waals surface area contributed by atoms with Crippen molar-refractivity contribution in [3.63, 3.8) is 0 Å². The van der Waals surface area contributed by atoms with Crippen molar-refractivity contribution >= 4 is 22.7 Å². The van der Waals surface area contributed by atoms with Gasteiger partial charge in [-0.2, -0.15) is 0 Å². The maximum absolute atomic E-state index is 13.0. The van der Waals surface area contributed by atoms with Crippen molar-refractivity contribution in [1.29, 1.82) is 0 Å². The zero-order chi connectivity index (χ0) is 18.5. The minimum Gasteiger partial charge on any atom is -0.379 e. The molecule has 2 aromatic heterocycles. The van der Waals surface area contributed by atoms with Crippen LogP contribution in [0.3, 0.4) is 0 Å². The average Bonchev–Trinajstić information content (AvgIpc) is 3.03. The zero-order valence-corrected chi connectivity index (χ0v) is 16.2. The van der Waals surface area contributed by atoms with Gasteiger partial charge in [-0.15, -0.1) is 0 Å². The van der Waals surface area contributed by atoms with Crippen LogP contribution in [0.4, 0.5) is 0 Å². The first-order valence-electron chi connectivity index (χ1n) is 8.76. The van der Waals surface area contributed by atoms with Crippen LogP contribution in [0.1, 0.15) is 26.1 Å². The van der Waals surface area contributed by atoms with Crippen molar-refractivity contribution in [1.82, 2.24) is 19.1 Å². The summed E-state index contributed by atoms with van der Waals surface area (Å²) in [6, 6.07) is 7.49. The van der Waals surface area contributed by atoms with Crippen molar-refractivity contribution in [2.75, 3.05) is 6.61 Å². The third-order valence-electron chi connectivity index (χ3n) is 4.06. The van der Waals surface area contributed by atoms with Crippen LogP contribution >= 0.6 is 11.8 Å². The number of thioether (sulfide) groups is 1. The van der Waals surface area contributed by atoms with Crippen LogP contribution < -0.4 is 5.56 Å². The molecule has 6 nitrogen and oxygen atoms in total. The Balaban J connectivity index is 1.87. The number of benzene rings is 1. The number of hydrogen-bond acceptors (Lipinski definition) is 5. The van der Waals surface area contributed by atoms with Crippen molar-refractivity contribution in [3.8, 4) is 0 Å². The zero-order valence-electron chi connectivity index (χ0n) is 15.4. The topological polar surface area (TPSA) is 61.9 Å². The molecule has 0 amide bonds. The van der Waals surface area contributed by atoms with Crippen molar-refractivity contribution in [3.05, 3.63) is 52.8 Å². The summed E-state index contributed by atoms with van der Waals surface area (Å²) in [6.07, 6.45) is 4.66. The van der Waals surface area contributed by atoms with Gasteiger partial charge in [0.15, 0.2) is 5.16 Å². The highest BCUT2D eigenvalue weighted by Crippen LogP contribution is 2.21. The molecule has 0 unspecified atom stereocenters. The van der Waals surface area contributed by atoms with Crippen LogP contribution in [-0.2, 0) is 24.1 Å². The van der Waals surface area contributed by atoms with Crippen molar-refractivity contribution in [2.45, 2.75) is 43.8 Å². The fraction of sp³-hybridized carbons (Fsp3) is 0.421. The number of para-hydroxylation sites is 1. The lowest BCUT2D eigenvalue weighted by atomic mass is 10.2. The van der Waals surface area contributed by atoms with Gasteiger partial charge in [0, 0.05) is 32.6 Å². The van der Waals surface area contributed by atoms with Gasteiger partial charge in [0.25, 0.3) is 5.56 Å². The smallest absolute Gasteiger partial charge is 0.262 e. The molecular formula is C19H24N4O2S. The number of imidazole rings is 1. The van der Waals surface area contributed by atoms with Gasteiger partial charge in [-0.05, 0) is 32.4 Å². The molecule has 3 rings (SSSR count). The number of fused-ring (bicyclic) bond motifs is 1. The molecule has 0 saturated carbocycles. The van der Waals surface area contributed by atoms with Crippen LogP contribution in [-0.4, -0.2) is 31.8 Å². The molecule has 7 heteroatoms. The van der Waals surface area contributed by atoms with E-state index in [0.717, 1.165) is 22.9 Å². The molecule has 3 aromatic rings. The third-order valence-corrected chi connectivity index (χ3v) is 5.03. The Morgan fingerprint density at radius 3 is 2.81 bits per heavy atom. The van der Waals surface area contributed by atoms with Gasteiger partial charge < -0.3 is 9.30 Å². The van der Waals surface area contributed by atoms with E-state index >= 15 is 0 Å². The number of ether oxygens (including phenoxy) is 1. The summed E-state index contributed by atoms with van der Waals surface area (Å²) in [5.41, 5.74) is 0.733. The Kier molecular flexibility index (Phi) is 6.11. The Morgan fingerprint density at radius 1 is 1.27 bits per heavy atom. The Hall–Kier alpha value is -2.12. The van der Waals surface area contributed by atoms with Crippen LogP contribution in [0.5, 0.6) is 0 Å². The maximum Gasteiger partial charge on any atom is 0.262 e. The van der Waals surface area contributed by atoms with Crippen LogP contribution in [0.2, 0.25) is 0 Å². The van der Waals surface area contributed by atoms with Gasteiger partial charge in [0.1, 0.15) is 5.82 Å². The third kappa shape index (κ3) is 4.34. The predicted octanol–water partition coefficient (Wildman–Crippen LogP) is 3.24. The second-order valence-corrected chi connectivity index (χ2v) is 7.33. The normalized spacial score (nSPS) is 11.5. The molecule has 0 radical (unpaired) electrons. The van der Waals surface area contributed by atoms with Gasteiger partial charge in [-0.3, -0.25) is 9.36 Å². The van der Waals surface area contributed by atoms with Crippen LogP contribution in [0, 0.1) is 0 Å². The van der Waals surface area contributed by atoms with E-state index in [0.29, 0.717) is 24.3 Å². The van der Waals surface area contributed by atoms with E-state index < -0.39 is 0 Å². The molecule has 1 aromatic carbocycles. The number of hydrogen-bond donors (Lipinski definition) is 0. The molecule has 0 atom stereocenters. The lowest BCUT2D eigenvalue weighted by molar-refractivity contribution is 0.0743. The quantitative estimate of drug-likeness (QED) is 0.345. The summed E-state index contributed by atoms with van der Waals surface area (Å²) in [7, 11) is 1.97. The van der Waals surface area contributed by atoms with Crippen LogP contribution in [0.25, 0.3) is 10.9 Å². The second-order valence-electron chi connectivity index (χ2n) is 6.38. The summed E-state index contributed by atoms with van der Waals surface area (Å²) in [4.78, 5) is 22.0. The predicted molar refractivity (Wildman–Crippen MR) is 104 cm³/mol. The summed E-state index contributed by atoms with van der Waals surface area (Å²) >= 11 is 1.54. The van der Waals surface area contributed by atoms with E-state index in [1.807, 2.05) is 55.9 Å². The van der Waals surface area contributed by atoms with E-state index in [1.54, 1.807) is 10.8 Å². The monoisotopic (exact) mass is 372 g/mol. The average molecular weight is 372 g/mol. The minimum absolute atomic E-state index is 0.00230. The first-order valence-corrected chi connectivity index (χ1v) is 9.75. The Labute approximate surface area is 157 Å². The molecule has 0 spiro atoms. The van der Waals surface area contributed by atoms with E-state index in [9.17, 15) is 4.79 Å². The summed E-state index contributed by atoms with van der Waals surface area (Å²) in [6.45, 7) is 5.24. The van der Waals surface area contributed by atoms with E-state index in [2.05, 4.69) is 4.98 Å². The first kappa shape index (κ1) is 18.7. The van der Waals surface area contributed by atoms with E-state index in [4.69, 9.17) is 9.72 Å². The summed E-state index contributed by atoms with van der Waals surface area (Å²) in [5, 5.41) is 1.37. The van der Waals surface area contributed by atoms with Gasteiger partial charge in [0.05, 0.1) is 22.8 Å². The van der Waals surface area contributed by atoms with E-state index in [-0.39, 0.29) is 11.7 Å². The number of nitrogens with zero attached hydrogens (tertiary/aromatic N) is 4. The largest absolute Gasteiger partial charge is 0.379 e. The summed E-state index contributed by atoms with van der Waals surface area (Å²) < 4.78 is 9.35. The van der Waals surface area contributed by atoms with Crippen molar-refractivity contribution in [2.24, 2.45) is 7.05 Å². The highest BCUT2D eigenvalue weighted by Gasteiger charge is 2.12. The van der Waals surface area contributed by atoms with Gasteiger partial charge in [-0.1, -0.05) is 23.9 Å². The fourth-order valence-electron chi connectivity index (χ4n) is 2.66. The fourth-order valence-corrected chi connectivity index (χ4v) is 3.69.